The first-order valence-electron chi connectivity index (χ1n) is 6.96. The molecule has 0 aliphatic heterocycles. The van der Waals surface area contributed by atoms with Gasteiger partial charge in [-0.2, -0.15) is 0 Å². The smallest absolute Gasteiger partial charge is 0.0316 e. The van der Waals surface area contributed by atoms with Gasteiger partial charge < -0.3 is 0 Å². The average Bonchev–Trinajstić information content (AvgIpc) is 2.44. The molecule has 0 N–H and O–H groups in total. The van der Waals surface area contributed by atoms with Crippen molar-refractivity contribution in [3.8, 4) is 0 Å². The number of hydrogen-bond acceptors (Lipinski definition) is 1. The normalized spacial score (nSPS) is 25.1. The van der Waals surface area contributed by atoms with Crippen molar-refractivity contribution in [3.05, 3.63) is 40.3 Å². The number of benzene rings is 1. The molecule has 3 rings (SSSR count). The molecular weight excluding hydrogens is 260 g/mol. The zero-order valence-corrected chi connectivity index (χ0v) is 12.1. The predicted molar refractivity (Wildman–Crippen MR) is 79.9 cm³/mol. The molecule has 1 saturated carbocycles. The average molecular weight is 279 g/mol. The van der Waals surface area contributed by atoms with E-state index in [0.29, 0.717) is 5.92 Å². The Morgan fingerprint density at radius 2 is 1.72 bits per heavy atom. The summed E-state index contributed by atoms with van der Waals surface area (Å²) in [4.78, 5) is 2.71. The van der Waals surface area contributed by atoms with Gasteiger partial charge in [0, 0.05) is 20.8 Å². The topological polar surface area (TPSA) is 0 Å². The van der Waals surface area contributed by atoms with Gasteiger partial charge in [-0.1, -0.05) is 60.8 Å². The molecule has 0 saturated heterocycles. The van der Waals surface area contributed by atoms with Crippen molar-refractivity contribution in [3.63, 3.8) is 0 Å². The molecule has 96 valence electrons. The van der Waals surface area contributed by atoms with E-state index in [1.165, 1.54) is 48.3 Å². The first-order valence-corrected chi connectivity index (χ1v) is 8.15. The summed E-state index contributed by atoms with van der Waals surface area (Å²) in [5, 5.41) is 1.16. The second-order valence-electron chi connectivity index (χ2n) is 5.39. The number of thioether (sulfide) groups is 1. The van der Waals surface area contributed by atoms with Crippen LogP contribution in [0.15, 0.2) is 45.2 Å². The van der Waals surface area contributed by atoms with Crippen LogP contribution < -0.4 is 0 Å². The van der Waals surface area contributed by atoms with E-state index < -0.39 is 0 Å². The molecule has 0 aromatic heterocycles. The summed E-state index contributed by atoms with van der Waals surface area (Å²) in [6.45, 7) is 0. The molecule has 1 fully saturated rings. The Hall–Kier alpha value is -0.400. The molecule has 0 spiro atoms. The Balaban J connectivity index is 1.63. The van der Waals surface area contributed by atoms with Gasteiger partial charge in [0.2, 0.25) is 0 Å². The van der Waals surface area contributed by atoms with E-state index in [-0.39, 0.29) is 0 Å². The Morgan fingerprint density at radius 3 is 2.39 bits per heavy atom. The van der Waals surface area contributed by atoms with Gasteiger partial charge in [-0.05, 0) is 37.3 Å². The molecule has 0 amide bonds. The van der Waals surface area contributed by atoms with Crippen LogP contribution in [0.5, 0.6) is 0 Å². The molecule has 0 radical (unpaired) electrons. The molecule has 18 heavy (non-hydrogen) atoms. The fraction of sp³-hybridized carbons (Fsp3) is 0.500. The highest BCUT2D eigenvalue weighted by Crippen LogP contribution is 2.52. The fourth-order valence-corrected chi connectivity index (χ4v) is 4.63. The van der Waals surface area contributed by atoms with Gasteiger partial charge in [0.15, 0.2) is 0 Å². The third kappa shape index (κ3) is 2.62. The minimum absolute atomic E-state index is 0.679. The van der Waals surface area contributed by atoms with Crippen LogP contribution in [0.3, 0.4) is 0 Å². The highest BCUT2D eigenvalue weighted by molar-refractivity contribution is 8.03. The number of halogens is 1. The molecule has 0 nitrogen and oxygen atoms in total. The molecule has 0 heterocycles. The van der Waals surface area contributed by atoms with Crippen LogP contribution in [0.25, 0.3) is 0 Å². The maximum Gasteiger partial charge on any atom is 0.0316 e. The Labute approximate surface area is 119 Å². The van der Waals surface area contributed by atoms with Gasteiger partial charge in [0.05, 0.1) is 0 Å². The van der Waals surface area contributed by atoms with Crippen molar-refractivity contribution in [2.75, 3.05) is 0 Å². The summed E-state index contributed by atoms with van der Waals surface area (Å²) in [5.41, 5.74) is 0. The van der Waals surface area contributed by atoms with Crippen molar-refractivity contribution in [1.29, 1.82) is 0 Å². The number of allylic oxidation sites excluding steroid dienone is 2. The Kier molecular flexibility index (Phi) is 4.00. The first kappa shape index (κ1) is 12.6. The first-order chi connectivity index (χ1) is 8.84. The van der Waals surface area contributed by atoms with Gasteiger partial charge in [0.1, 0.15) is 0 Å². The van der Waals surface area contributed by atoms with Crippen LogP contribution in [-0.4, -0.2) is 0 Å². The van der Waals surface area contributed by atoms with Crippen LogP contribution in [0.4, 0.5) is 0 Å². The zero-order valence-electron chi connectivity index (χ0n) is 10.6. The van der Waals surface area contributed by atoms with E-state index in [1.807, 2.05) is 11.8 Å². The highest BCUT2D eigenvalue weighted by atomic mass is 35.5. The van der Waals surface area contributed by atoms with Gasteiger partial charge in [-0.25, -0.2) is 0 Å². The molecule has 1 aromatic carbocycles. The maximum atomic E-state index is 6.52. The molecule has 1 aromatic rings. The monoisotopic (exact) mass is 278 g/mol. The minimum atomic E-state index is 0.679. The lowest BCUT2D eigenvalue weighted by atomic mass is 9.74. The van der Waals surface area contributed by atoms with Gasteiger partial charge in [0.25, 0.3) is 0 Å². The van der Waals surface area contributed by atoms with Crippen LogP contribution in [0, 0.1) is 11.8 Å². The molecule has 2 aliphatic carbocycles. The summed E-state index contributed by atoms with van der Waals surface area (Å²) >= 11 is 8.38. The van der Waals surface area contributed by atoms with Crippen molar-refractivity contribution in [2.24, 2.45) is 11.8 Å². The van der Waals surface area contributed by atoms with E-state index in [1.54, 1.807) is 0 Å². The Morgan fingerprint density at radius 1 is 1.00 bits per heavy atom. The van der Waals surface area contributed by atoms with Crippen LogP contribution in [0.1, 0.15) is 38.5 Å². The maximum absolute atomic E-state index is 6.52. The van der Waals surface area contributed by atoms with Gasteiger partial charge in [-0.15, -0.1) is 0 Å². The lowest BCUT2D eigenvalue weighted by Gasteiger charge is -2.37. The standard InChI is InChI=1S/C16H19ClS/c17-16-14(12-7-3-1-4-8-12)11-15(16)18-13-9-5-2-6-10-13/h2,5-6,9-10,12,14H,1,3-4,7-8,11H2. The van der Waals surface area contributed by atoms with Crippen LogP contribution >= 0.6 is 23.4 Å². The molecule has 2 heteroatoms. The summed E-state index contributed by atoms with van der Waals surface area (Å²) in [6, 6.07) is 10.6. The van der Waals surface area contributed by atoms with E-state index >= 15 is 0 Å². The van der Waals surface area contributed by atoms with E-state index in [4.69, 9.17) is 11.6 Å². The SMILES string of the molecule is ClC1=C(Sc2ccccc2)CC1C1CCCCC1. The predicted octanol–water partition coefficient (Wildman–Crippen LogP) is 5.83. The molecule has 0 bridgehead atoms. The third-order valence-corrected chi connectivity index (χ3v) is 5.96. The zero-order chi connectivity index (χ0) is 12.4. The van der Waals surface area contributed by atoms with Crippen molar-refractivity contribution < 1.29 is 0 Å². The van der Waals surface area contributed by atoms with Crippen molar-refractivity contribution >= 4 is 23.4 Å². The molecule has 2 aliphatic rings. The van der Waals surface area contributed by atoms with E-state index in [0.717, 1.165) is 11.0 Å². The van der Waals surface area contributed by atoms with Crippen molar-refractivity contribution in [1.82, 2.24) is 0 Å². The number of hydrogen-bond donors (Lipinski definition) is 0. The number of rotatable bonds is 3. The minimum Gasteiger partial charge on any atom is -0.0933 e. The summed E-state index contributed by atoms with van der Waals surface area (Å²) in [7, 11) is 0. The summed E-state index contributed by atoms with van der Waals surface area (Å²) in [5.74, 6) is 1.55. The van der Waals surface area contributed by atoms with Crippen LogP contribution in [-0.2, 0) is 0 Å². The largest absolute Gasteiger partial charge is 0.0933 e. The highest BCUT2D eigenvalue weighted by Gasteiger charge is 2.35. The summed E-state index contributed by atoms with van der Waals surface area (Å²) < 4.78 is 0. The molecular formula is C16H19ClS. The molecule has 1 unspecified atom stereocenters. The lowest BCUT2D eigenvalue weighted by Crippen LogP contribution is -2.25. The van der Waals surface area contributed by atoms with Crippen LogP contribution in [0.2, 0.25) is 0 Å². The quantitative estimate of drug-likeness (QED) is 0.670. The fourth-order valence-electron chi connectivity index (χ4n) is 3.09. The van der Waals surface area contributed by atoms with Gasteiger partial charge >= 0.3 is 0 Å². The van der Waals surface area contributed by atoms with E-state index in [2.05, 4.69) is 30.3 Å². The molecule has 1 atom stereocenters. The second kappa shape index (κ2) is 5.71. The summed E-state index contributed by atoms with van der Waals surface area (Å²) in [6.07, 6.45) is 8.24. The second-order valence-corrected chi connectivity index (χ2v) is 6.97. The van der Waals surface area contributed by atoms with Crippen molar-refractivity contribution in [2.45, 2.75) is 43.4 Å². The third-order valence-electron chi connectivity index (χ3n) is 4.20. The van der Waals surface area contributed by atoms with Gasteiger partial charge in [-0.3, -0.25) is 0 Å². The lowest BCUT2D eigenvalue weighted by molar-refractivity contribution is 0.267. The van der Waals surface area contributed by atoms with E-state index in [9.17, 15) is 0 Å². The Bertz CT molecular complexity index is 432.